The minimum absolute atomic E-state index is 0.0335. The molecule has 7 nitrogen and oxygen atoms in total. The number of rotatable bonds is 4. The van der Waals surface area contributed by atoms with Crippen molar-refractivity contribution in [1.82, 2.24) is 0 Å². The van der Waals surface area contributed by atoms with Crippen LogP contribution in [0.2, 0.25) is 0 Å². The van der Waals surface area contributed by atoms with E-state index in [4.69, 9.17) is 4.74 Å². The predicted octanol–water partition coefficient (Wildman–Crippen LogP) is 2.01. The summed E-state index contributed by atoms with van der Waals surface area (Å²) in [5.41, 5.74) is 1.36. The standard InChI is InChI=1S/C18H17NO6S/c1-24-17(20)13-7-8-14(18(21)25-2)16(11-13)26(22,23)19-10-9-12-5-3-4-6-15(12)19/h3-8,11H,9-10H2,1-2H3. The number of anilines is 1. The van der Waals surface area contributed by atoms with Crippen molar-refractivity contribution in [2.75, 3.05) is 25.1 Å². The molecule has 0 aromatic heterocycles. The molecule has 0 radical (unpaired) electrons. The van der Waals surface area contributed by atoms with Crippen molar-refractivity contribution in [3.05, 3.63) is 59.2 Å². The van der Waals surface area contributed by atoms with Gasteiger partial charge in [-0.25, -0.2) is 18.0 Å². The largest absolute Gasteiger partial charge is 0.465 e. The van der Waals surface area contributed by atoms with Crippen molar-refractivity contribution in [2.45, 2.75) is 11.3 Å². The Hall–Kier alpha value is -2.87. The van der Waals surface area contributed by atoms with Crippen LogP contribution in [0.5, 0.6) is 0 Å². The first-order valence-electron chi connectivity index (χ1n) is 7.81. The molecule has 2 aromatic rings. The number of carbonyl (C=O) groups excluding carboxylic acids is 2. The predicted molar refractivity (Wildman–Crippen MR) is 93.8 cm³/mol. The normalized spacial score (nSPS) is 13.2. The van der Waals surface area contributed by atoms with Crippen molar-refractivity contribution >= 4 is 27.6 Å². The molecule has 1 aliphatic heterocycles. The zero-order valence-electron chi connectivity index (χ0n) is 14.3. The highest BCUT2D eigenvalue weighted by Gasteiger charge is 2.34. The minimum atomic E-state index is -4.08. The molecule has 3 rings (SSSR count). The average molecular weight is 375 g/mol. The van der Waals surface area contributed by atoms with E-state index in [1.54, 1.807) is 12.1 Å². The molecule has 2 aromatic carbocycles. The second-order valence-corrected chi connectivity index (χ2v) is 7.48. The highest BCUT2D eigenvalue weighted by atomic mass is 32.2. The van der Waals surface area contributed by atoms with Gasteiger partial charge in [0.1, 0.15) is 4.90 Å². The molecule has 1 heterocycles. The van der Waals surface area contributed by atoms with Crippen molar-refractivity contribution in [2.24, 2.45) is 0 Å². The number of esters is 2. The van der Waals surface area contributed by atoms with Crippen molar-refractivity contribution < 1.29 is 27.5 Å². The van der Waals surface area contributed by atoms with E-state index in [9.17, 15) is 18.0 Å². The quantitative estimate of drug-likeness (QED) is 0.760. The summed E-state index contributed by atoms with van der Waals surface area (Å²) in [6, 6.07) is 10.9. The van der Waals surface area contributed by atoms with Crippen molar-refractivity contribution in [3.63, 3.8) is 0 Å². The maximum atomic E-state index is 13.3. The molecule has 26 heavy (non-hydrogen) atoms. The lowest BCUT2D eigenvalue weighted by Crippen LogP contribution is -2.30. The molecule has 0 saturated heterocycles. The summed E-state index contributed by atoms with van der Waals surface area (Å²) in [4.78, 5) is 23.6. The van der Waals surface area contributed by atoms with Gasteiger partial charge in [-0.3, -0.25) is 4.31 Å². The Labute approximate surface area is 151 Å². The summed E-state index contributed by atoms with van der Waals surface area (Å²) < 4.78 is 37.1. The topological polar surface area (TPSA) is 90.0 Å². The van der Waals surface area contributed by atoms with Gasteiger partial charge in [0, 0.05) is 6.54 Å². The number of nitrogens with zero attached hydrogens (tertiary/aromatic N) is 1. The van der Waals surface area contributed by atoms with Gasteiger partial charge < -0.3 is 9.47 Å². The van der Waals surface area contributed by atoms with Crippen molar-refractivity contribution in [1.29, 1.82) is 0 Å². The zero-order valence-corrected chi connectivity index (χ0v) is 15.1. The number of carbonyl (C=O) groups is 2. The van der Waals surface area contributed by atoms with Crippen LogP contribution in [-0.2, 0) is 25.9 Å². The molecular weight excluding hydrogens is 358 g/mol. The average Bonchev–Trinajstić information content (AvgIpc) is 3.11. The molecule has 0 fully saturated rings. The van der Waals surface area contributed by atoms with E-state index in [0.717, 1.165) is 18.7 Å². The Kier molecular flexibility index (Phi) is 4.69. The highest BCUT2D eigenvalue weighted by molar-refractivity contribution is 7.93. The molecule has 0 spiro atoms. The summed E-state index contributed by atoms with van der Waals surface area (Å²) in [7, 11) is -1.72. The maximum absolute atomic E-state index is 13.3. The summed E-state index contributed by atoms with van der Waals surface area (Å²) in [5, 5.41) is 0. The summed E-state index contributed by atoms with van der Waals surface area (Å²) in [6.07, 6.45) is 0.569. The van der Waals surface area contributed by atoms with E-state index >= 15 is 0 Å². The maximum Gasteiger partial charge on any atom is 0.339 e. The molecule has 8 heteroatoms. The number of methoxy groups -OCH3 is 2. The molecule has 0 aliphatic carbocycles. The summed E-state index contributed by atoms with van der Waals surface area (Å²) >= 11 is 0. The molecule has 0 saturated carbocycles. The lowest BCUT2D eigenvalue weighted by Gasteiger charge is -2.21. The summed E-state index contributed by atoms with van der Waals surface area (Å²) in [5.74, 6) is -1.49. The lowest BCUT2D eigenvalue weighted by molar-refractivity contribution is 0.0583. The van der Waals surface area contributed by atoms with Gasteiger partial charge in [0.15, 0.2) is 0 Å². The van der Waals surface area contributed by atoms with E-state index in [2.05, 4.69) is 4.74 Å². The number of hydrogen-bond donors (Lipinski definition) is 0. The molecular formula is C18H17NO6S. The number of sulfonamides is 1. The Bertz CT molecular complexity index is 983. The van der Waals surface area contributed by atoms with Crippen LogP contribution >= 0.6 is 0 Å². The first-order chi connectivity index (χ1) is 12.4. The monoisotopic (exact) mass is 375 g/mol. The van der Waals surface area contributed by atoms with Crippen LogP contribution in [-0.4, -0.2) is 41.1 Å². The molecule has 0 bridgehead atoms. The van der Waals surface area contributed by atoms with Crippen LogP contribution in [0, 0.1) is 0 Å². The van der Waals surface area contributed by atoms with Crippen LogP contribution in [0.25, 0.3) is 0 Å². The molecule has 1 aliphatic rings. The van der Waals surface area contributed by atoms with Gasteiger partial charge in [-0.1, -0.05) is 18.2 Å². The second kappa shape index (κ2) is 6.80. The first kappa shape index (κ1) is 17.9. The number of fused-ring (bicyclic) bond motifs is 1. The van der Waals surface area contributed by atoms with Gasteiger partial charge in [-0.05, 0) is 36.2 Å². The van der Waals surface area contributed by atoms with E-state index in [-0.39, 0.29) is 22.6 Å². The number of para-hydroxylation sites is 1. The molecule has 0 amide bonds. The van der Waals surface area contributed by atoms with Crippen LogP contribution in [0.3, 0.4) is 0 Å². The molecule has 0 atom stereocenters. The Morgan fingerprint density at radius 3 is 2.38 bits per heavy atom. The highest BCUT2D eigenvalue weighted by Crippen LogP contribution is 2.34. The fraction of sp³-hybridized carbons (Fsp3) is 0.222. The van der Waals surface area contributed by atoms with Crippen LogP contribution < -0.4 is 4.31 Å². The number of benzene rings is 2. The molecule has 0 N–H and O–H groups in total. The van der Waals surface area contributed by atoms with E-state index in [1.165, 1.54) is 23.5 Å². The third kappa shape index (κ3) is 2.92. The minimum Gasteiger partial charge on any atom is -0.465 e. The smallest absolute Gasteiger partial charge is 0.339 e. The second-order valence-electron chi connectivity index (χ2n) is 5.65. The van der Waals surface area contributed by atoms with Gasteiger partial charge in [0.2, 0.25) is 0 Å². The van der Waals surface area contributed by atoms with Gasteiger partial charge in [-0.15, -0.1) is 0 Å². The van der Waals surface area contributed by atoms with E-state index in [0.29, 0.717) is 12.1 Å². The van der Waals surface area contributed by atoms with Crippen LogP contribution in [0.4, 0.5) is 5.69 Å². The van der Waals surface area contributed by atoms with Gasteiger partial charge >= 0.3 is 11.9 Å². The van der Waals surface area contributed by atoms with E-state index < -0.39 is 22.0 Å². The van der Waals surface area contributed by atoms with Crippen molar-refractivity contribution in [3.8, 4) is 0 Å². The Morgan fingerprint density at radius 1 is 1.00 bits per heavy atom. The zero-order chi connectivity index (χ0) is 18.9. The van der Waals surface area contributed by atoms with Gasteiger partial charge in [0.25, 0.3) is 10.0 Å². The number of ether oxygens (including phenoxy) is 2. The van der Waals surface area contributed by atoms with Crippen LogP contribution in [0.15, 0.2) is 47.4 Å². The molecule has 0 unspecified atom stereocenters. The first-order valence-corrected chi connectivity index (χ1v) is 9.25. The third-order valence-electron chi connectivity index (χ3n) is 4.22. The Morgan fingerprint density at radius 2 is 1.69 bits per heavy atom. The van der Waals surface area contributed by atoms with Crippen LogP contribution in [0.1, 0.15) is 26.3 Å². The SMILES string of the molecule is COC(=O)c1ccc(C(=O)OC)c(S(=O)(=O)N2CCc3ccccc32)c1. The fourth-order valence-corrected chi connectivity index (χ4v) is 4.65. The number of hydrogen-bond acceptors (Lipinski definition) is 6. The molecule has 136 valence electrons. The lowest BCUT2D eigenvalue weighted by atomic mass is 10.1. The Balaban J connectivity index is 2.17. The van der Waals surface area contributed by atoms with E-state index in [1.807, 2.05) is 12.1 Å². The van der Waals surface area contributed by atoms with Gasteiger partial charge in [-0.2, -0.15) is 0 Å². The van der Waals surface area contributed by atoms with Gasteiger partial charge in [0.05, 0.1) is 31.0 Å². The summed E-state index contributed by atoms with van der Waals surface area (Å²) in [6.45, 7) is 0.255. The third-order valence-corrected chi connectivity index (χ3v) is 6.07. The fourth-order valence-electron chi connectivity index (χ4n) is 2.94.